The molecule has 0 spiro atoms. The maximum absolute atomic E-state index is 4.53. The van der Waals surface area contributed by atoms with Crippen LogP contribution in [-0.2, 0) is 11.0 Å². The molecule has 0 N–H and O–H groups in total. The van der Waals surface area contributed by atoms with Gasteiger partial charge >= 0.3 is 0 Å². The van der Waals surface area contributed by atoms with Crippen molar-refractivity contribution in [2.45, 2.75) is 58.4 Å². The molecule has 142 valence electrons. The average Bonchev–Trinajstić information content (AvgIpc) is 3.08. The van der Waals surface area contributed by atoms with E-state index in [0.717, 1.165) is 18.5 Å². The van der Waals surface area contributed by atoms with E-state index in [1.54, 1.807) is 6.33 Å². The maximum atomic E-state index is 4.53. The maximum Gasteiger partial charge on any atom is 0.295 e. The second kappa shape index (κ2) is 5.63. The van der Waals surface area contributed by atoms with Crippen molar-refractivity contribution >= 4 is 16.4 Å². The molecule has 4 heterocycles. The second-order valence-electron chi connectivity index (χ2n) is 8.51. The average molecular weight is 372 g/mol. The van der Waals surface area contributed by atoms with Crippen LogP contribution in [0.4, 0.5) is 0 Å². The fourth-order valence-electron chi connectivity index (χ4n) is 5.56. The molecule has 0 bridgehead atoms. The Kier molecular flexibility index (Phi) is 3.49. The molecular formula is C24H27N4+. The number of rotatable bonds is 3. The zero-order valence-electron chi connectivity index (χ0n) is 17.3. The van der Waals surface area contributed by atoms with E-state index in [2.05, 4.69) is 84.1 Å². The highest BCUT2D eigenvalue weighted by Gasteiger charge is 2.54. The molecule has 2 unspecified atom stereocenters. The highest BCUT2D eigenvalue weighted by Crippen LogP contribution is 2.53. The zero-order valence-corrected chi connectivity index (χ0v) is 17.3. The Morgan fingerprint density at radius 1 is 1.07 bits per heavy atom. The number of nitrogens with zero attached hydrogens (tertiary/aromatic N) is 4. The Morgan fingerprint density at radius 2 is 1.89 bits per heavy atom. The van der Waals surface area contributed by atoms with Gasteiger partial charge in [0.1, 0.15) is 23.8 Å². The van der Waals surface area contributed by atoms with Gasteiger partial charge in [0, 0.05) is 29.5 Å². The Hall–Kier alpha value is -2.75. The zero-order chi connectivity index (χ0) is 19.7. The number of imidazole rings is 1. The van der Waals surface area contributed by atoms with Crippen LogP contribution in [0.15, 0.2) is 49.2 Å². The van der Waals surface area contributed by atoms with Gasteiger partial charge in [-0.15, -0.1) is 0 Å². The molecule has 0 fully saturated rings. The van der Waals surface area contributed by atoms with Crippen molar-refractivity contribution in [3.8, 4) is 11.3 Å². The predicted octanol–water partition coefficient (Wildman–Crippen LogP) is 4.95. The van der Waals surface area contributed by atoms with Crippen LogP contribution in [0.5, 0.6) is 0 Å². The van der Waals surface area contributed by atoms with Crippen LogP contribution in [0.1, 0.15) is 51.8 Å². The molecule has 1 aliphatic heterocycles. The minimum atomic E-state index is 0.0261. The summed E-state index contributed by atoms with van der Waals surface area (Å²) in [7, 11) is 0. The molecule has 4 aromatic rings. The summed E-state index contributed by atoms with van der Waals surface area (Å²) in [5, 5.41) is 2.63. The van der Waals surface area contributed by atoms with E-state index in [1.807, 2.05) is 12.3 Å². The molecule has 1 aliphatic rings. The molecule has 4 heteroatoms. The van der Waals surface area contributed by atoms with Gasteiger partial charge in [-0.25, -0.2) is 18.9 Å². The summed E-state index contributed by atoms with van der Waals surface area (Å²) in [5.74, 6) is 0. The Morgan fingerprint density at radius 3 is 2.57 bits per heavy atom. The van der Waals surface area contributed by atoms with Gasteiger partial charge in [-0.05, 0) is 37.5 Å². The Balaban J connectivity index is 2.02. The molecule has 0 saturated carbocycles. The number of aromatic nitrogens is 4. The van der Waals surface area contributed by atoms with Gasteiger partial charge < -0.3 is 0 Å². The van der Waals surface area contributed by atoms with Crippen molar-refractivity contribution < 1.29 is 4.40 Å². The molecule has 0 saturated heterocycles. The third-order valence-corrected chi connectivity index (χ3v) is 7.54. The molecule has 5 rings (SSSR count). The van der Waals surface area contributed by atoms with Crippen molar-refractivity contribution in [3.05, 3.63) is 60.4 Å². The monoisotopic (exact) mass is 371 g/mol. The van der Waals surface area contributed by atoms with Crippen molar-refractivity contribution in [1.29, 1.82) is 0 Å². The van der Waals surface area contributed by atoms with Crippen molar-refractivity contribution in [3.63, 3.8) is 0 Å². The van der Waals surface area contributed by atoms with Crippen LogP contribution in [0, 0.1) is 6.92 Å². The standard InChI is InChI=1S/C24H27N4/c1-6-23(4)19-9-8-17(20-10-12-25-15-26-20)18-11-13-27-14-16(3)28(22(27)21(18)19)24(23,5)7-2/h8-15H,6-7H2,1-5H3/q+1. The van der Waals surface area contributed by atoms with Gasteiger partial charge in [-0.2, -0.15) is 0 Å². The lowest BCUT2D eigenvalue weighted by Gasteiger charge is -2.47. The van der Waals surface area contributed by atoms with E-state index in [-0.39, 0.29) is 11.0 Å². The number of pyridine rings is 1. The molecule has 0 amide bonds. The third kappa shape index (κ3) is 1.88. The lowest BCUT2D eigenvalue weighted by atomic mass is 9.61. The molecule has 2 atom stereocenters. The summed E-state index contributed by atoms with van der Waals surface area (Å²) in [4.78, 5) is 8.63. The SMILES string of the molecule is CCC1(C)c2ccc(-c3ccncn3)c3cc[n+]4cc(C)n(c4c23)C1(C)CC. The first-order valence-corrected chi connectivity index (χ1v) is 10.2. The summed E-state index contributed by atoms with van der Waals surface area (Å²) in [6.07, 6.45) is 10.1. The van der Waals surface area contributed by atoms with Gasteiger partial charge in [0.05, 0.1) is 17.3 Å². The largest absolute Gasteiger partial charge is 0.295 e. The van der Waals surface area contributed by atoms with Gasteiger partial charge in [0.15, 0.2) is 0 Å². The fraction of sp³-hybridized carbons (Fsp3) is 0.375. The molecule has 3 aromatic heterocycles. The van der Waals surface area contributed by atoms with E-state index >= 15 is 0 Å². The highest BCUT2D eigenvalue weighted by molar-refractivity contribution is 6.05. The van der Waals surface area contributed by atoms with E-state index < -0.39 is 0 Å². The molecular weight excluding hydrogens is 344 g/mol. The normalized spacial score (nSPS) is 23.8. The summed E-state index contributed by atoms with van der Waals surface area (Å²) >= 11 is 0. The van der Waals surface area contributed by atoms with Crippen LogP contribution < -0.4 is 4.40 Å². The molecule has 4 nitrogen and oxygen atoms in total. The van der Waals surface area contributed by atoms with Crippen LogP contribution in [0.25, 0.3) is 27.7 Å². The summed E-state index contributed by atoms with van der Waals surface area (Å²) in [6.45, 7) is 11.8. The summed E-state index contributed by atoms with van der Waals surface area (Å²) < 4.78 is 4.89. The van der Waals surface area contributed by atoms with E-state index in [0.29, 0.717) is 0 Å². The van der Waals surface area contributed by atoms with Gasteiger partial charge in [0.25, 0.3) is 5.65 Å². The third-order valence-electron chi connectivity index (χ3n) is 7.54. The van der Waals surface area contributed by atoms with Gasteiger partial charge in [0.2, 0.25) is 0 Å². The predicted molar refractivity (Wildman–Crippen MR) is 112 cm³/mol. The van der Waals surface area contributed by atoms with Gasteiger partial charge in [-0.3, -0.25) is 0 Å². The Labute approximate surface area is 165 Å². The first-order chi connectivity index (χ1) is 13.5. The molecule has 28 heavy (non-hydrogen) atoms. The van der Waals surface area contributed by atoms with Crippen LogP contribution in [-0.4, -0.2) is 14.5 Å². The lowest BCUT2D eigenvalue weighted by molar-refractivity contribution is -0.510. The quantitative estimate of drug-likeness (QED) is 0.478. The number of hydrogen-bond acceptors (Lipinski definition) is 2. The topological polar surface area (TPSA) is 34.8 Å². The van der Waals surface area contributed by atoms with Gasteiger partial charge in [-0.1, -0.05) is 32.9 Å². The Bertz CT molecular complexity index is 1220. The highest BCUT2D eigenvalue weighted by atomic mass is 15.2. The van der Waals surface area contributed by atoms with Crippen LogP contribution >= 0.6 is 0 Å². The fourth-order valence-corrected chi connectivity index (χ4v) is 5.56. The number of aryl methyl sites for hydroxylation is 1. The van der Waals surface area contributed by atoms with E-state index in [4.69, 9.17) is 0 Å². The van der Waals surface area contributed by atoms with Crippen LogP contribution in [0.2, 0.25) is 0 Å². The summed E-state index contributed by atoms with van der Waals surface area (Å²) in [5.41, 5.74) is 6.30. The lowest BCUT2D eigenvalue weighted by Crippen LogP contribution is -2.52. The number of hydrogen-bond donors (Lipinski definition) is 0. The second-order valence-corrected chi connectivity index (χ2v) is 8.51. The minimum absolute atomic E-state index is 0.0261. The molecule has 1 aromatic carbocycles. The minimum Gasteiger partial charge on any atom is -0.245 e. The van der Waals surface area contributed by atoms with E-state index in [1.165, 1.54) is 33.2 Å². The van der Waals surface area contributed by atoms with Crippen molar-refractivity contribution in [2.24, 2.45) is 0 Å². The molecule has 0 aliphatic carbocycles. The van der Waals surface area contributed by atoms with Crippen molar-refractivity contribution in [2.75, 3.05) is 0 Å². The summed E-state index contributed by atoms with van der Waals surface area (Å²) in [6, 6.07) is 8.85. The first kappa shape index (κ1) is 17.4. The molecule has 0 radical (unpaired) electrons. The first-order valence-electron chi connectivity index (χ1n) is 10.2. The van der Waals surface area contributed by atoms with Crippen LogP contribution in [0.3, 0.4) is 0 Å². The smallest absolute Gasteiger partial charge is 0.245 e. The number of benzene rings is 1. The van der Waals surface area contributed by atoms with Crippen molar-refractivity contribution in [1.82, 2.24) is 14.5 Å². The van der Waals surface area contributed by atoms with E-state index in [9.17, 15) is 0 Å².